The molecule has 0 aliphatic carbocycles. The lowest BCUT2D eigenvalue weighted by Crippen LogP contribution is -2.35. The van der Waals surface area contributed by atoms with Crippen molar-refractivity contribution in [3.8, 4) is 0 Å². The van der Waals surface area contributed by atoms with Crippen LogP contribution < -0.4 is 5.32 Å². The predicted molar refractivity (Wildman–Crippen MR) is 272 cm³/mol. The highest BCUT2D eigenvalue weighted by molar-refractivity contribution is 7.89. The minimum absolute atomic E-state index is 0.288. The van der Waals surface area contributed by atoms with E-state index in [-0.39, 0.29) is 11.5 Å². The molecule has 0 fully saturated rings. The quantitative estimate of drug-likeness (QED) is 0.0477. The minimum atomic E-state index is -3.20. The second-order valence-electron chi connectivity index (χ2n) is 18.3. The van der Waals surface area contributed by atoms with E-state index in [0.29, 0.717) is 26.2 Å². The first-order chi connectivity index (χ1) is 29.4. The van der Waals surface area contributed by atoms with Gasteiger partial charge < -0.3 is 15.1 Å². The van der Waals surface area contributed by atoms with Crippen LogP contribution in [0.25, 0.3) is 0 Å². The van der Waals surface area contributed by atoms with Gasteiger partial charge in [0.1, 0.15) is 0 Å². The topological polar surface area (TPSA) is 93.3 Å². The number of rotatable bonds is 47. The smallest absolute Gasteiger partial charge is 0.214 e. The molecule has 0 aromatic rings. The molecule has 0 aliphatic rings. The SMILES string of the molecule is CCCCCCCCN(CCCCCC)S(=O)(=O)CCCCCCCN(CCCCCCCS(=O)(=O)N(CCCCCC)CCCCCCCC)CCCCNC(=S)N(C)C. The zero-order chi connectivity index (χ0) is 45.3. The van der Waals surface area contributed by atoms with E-state index in [0.717, 1.165) is 160 Å². The van der Waals surface area contributed by atoms with Gasteiger partial charge in [0.05, 0.1) is 11.5 Å². The lowest BCUT2D eigenvalue weighted by atomic mass is 10.1. The summed E-state index contributed by atoms with van der Waals surface area (Å²) in [5.74, 6) is 0.576. The normalized spacial score (nSPS) is 12.3. The number of nitrogens with one attached hydrogen (secondary N) is 1. The summed E-state index contributed by atoms with van der Waals surface area (Å²) in [6.45, 7) is 15.7. The summed E-state index contributed by atoms with van der Waals surface area (Å²) in [5.41, 5.74) is 0. The summed E-state index contributed by atoms with van der Waals surface area (Å²) >= 11 is 5.40. The van der Waals surface area contributed by atoms with Crippen molar-refractivity contribution in [3.63, 3.8) is 0 Å². The van der Waals surface area contributed by atoms with Crippen LogP contribution in [0.1, 0.15) is 233 Å². The van der Waals surface area contributed by atoms with Crippen LogP contribution in [0.15, 0.2) is 0 Å². The van der Waals surface area contributed by atoms with E-state index in [2.05, 4.69) is 37.9 Å². The second-order valence-corrected chi connectivity index (χ2v) is 22.9. The van der Waals surface area contributed by atoms with Crippen LogP contribution in [0.3, 0.4) is 0 Å². The fourth-order valence-electron chi connectivity index (χ4n) is 8.05. The molecule has 0 saturated carbocycles. The molecule has 0 aliphatic heterocycles. The van der Waals surface area contributed by atoms with E-state index < -0.39 is 20.0 Å². The van der Waals surface area contributed by atoms with E-state index in [1.54, 1.807) is 0 Å². The largest absolute Gasteiger partial charge is 0.363 e. The zero-order valence-corrected chi connectivity index (χ0v) is 43.8. The third kappa shape index (κ3) is 36.4. The van der Waals surface area contributed by atoms with Gasteiger partial charge in [-0.15, -0.1) is 0 Å². The van der Waals surface area contributed by atoms with Gasteiger partial charge in [-0.25, -0.2) is 25.4 Å². The number of sulfonamides is 2. The van der Waals surface area contributed by atoms with E-state index in [9.17, 15) is 16.8 Å². The lowest BCUT2D eigenvalue weighted by molar-refractivity contribution is 0.255. The minimum Gasteiger partial charge on any atom is -0.363 e. The molecule has 12 heteroatoms. The van der Waals surface area contributed by atoms with Crippen LogP contribution in [-0.2, 0) is 20.0 Å². The average molecular weight is 923 g/mol. The van der Waals surface area contributed by atoms with E-state index in [1.807, 2.05) is 27.6 Å². The van der Waals surface area contributed by atoms with Crippen molar-refractivity contribution in [2.45, 2.75) is 233 Å². The number of hydrogen-bond donors (Lipinski definition) is 1. The molecule has 0 rings (SSSR count). The Morgan fingerprint density at radius 1 is 0.377 bits per heavy atom. The molecular formula is C49H103N5O4S3. The lowest BCUT2D eigenvalue weighted by Gasteiger charge is -2.23. The van der Waals surface area contributed by atoms with Crippen molar-refractivity contribution in [2.24, 2.45) is 0 Å². The first-order valence-corrected chi connectivity index (χ1v) is 29.7. The molecule has 0 aromatic heterocycles. The van der Waals surface area contributed by atoms with E-state index in [1.165, 1.54) is 77.0 Å². The molecule has 0 spiro atoms. The molecule has 366 valence electrons. The van der Waals surface area contributed by atoms with Gasteiger partial charge in [0.25, 0.3) is 0 Å². The van der Waals surface area contributed by atoms with Gasteiger partial charge in [-0.1, -0.05) is 169 Å². The van der Waals surface area contributed by atoms with E-state index >= 15 is 0 Å². The Bertz CT molecular complexity index is 1110. The van der Waals surface area contributed by atoms with Gasteiger partial charge in [-0.3, -0.25) is 0 Å². The third-order valence-corrected chi connectivity index (χ3v) is 16.6. The van der Waals surface area contributed by atoms with Gasteiger partial charge in [-0.05, 0) is 96.1 Å². The number of unbranched alkanes of at least 4 members (excludes halogenated alkanes) is 25. The number of hydrogen-bond acceptors (Lipinski definition) is 6. The fraction of sp³-hybridized carbons (Fsp3) is 0.980. The molecule has 0 amide bonds. The van der Waals surface area contributed by atoms with Crippen LogP contribution in [0, 0.1) is 0 Å². The van der Waals surface area contributed by atoms with Gasteiger partial charge in [0.15, 0.2) is 5.11 Å². The maximum atomic E-state index is 13.4. The van der Waals surface area contributed by atoms with Crippen LogP contribution in [0.4, 0.5) is 0 Å². The average Bonchev–Trinajstić information content (AvgIpc) is 3.23. The van der Waals surface area contributed by atoms with Crippen LogP contribution in [0.5, 0.6) is 0 Å². The molecule has 0 bridgehead atoms. The summed E-state index contributed by atoms with van der Waals surface area (Å²) < 4.78 is 57.3. The van der Waals surface area contributed by atoms with Gasteiger partial charge in [-0.2, -0.15) is 0 Å². The Morgan fingerprint density at radius 2 is 0.639 bits per heavy atom. The third-order valence-electron chi connectivity index (χ3n) is 12.2. The van der Waals surface area contributed by atoms with Crippen LogP contribution in [0.2, 0.25) is 0 Å². The van der Waals surface area contributed by atoms with Gasteiger partial charge in [0.2, 0.25) is 20.0 Å². The van der Waals surface area contributed by atoms with Gasteiger partial charge in [0, 0.05) is 46.8 Å². The molecule has 0 unspecified atom stereocenters. The Morgan fingerprint density at radius 3 is 0.967 bits per heavy atom. The van der Waals surface area contributed by atoms with Crippen molar-refractivity contribution in [1.29, 1.82) is 0 Å². The predicted octanol–water partition coefficient (Wildman–Crippen LogP) is 12.6. The highest BCUT2D eigenvalue weighted by Gasteiger charge is 2.22. The summed E-state index contributed by atoms with van der Waals surface area (Å²) in [7, 11) is -2.47. The zero-order valence-electron chi connectivity index (χ0n) is 41.3. The van der Waals surface area contributed by atoms with Crippen LogP contribution >= 0.6 is 12.2 Å². The molecule has 0 atom stereocenters. The maximum Gasteiger partial charge on any atom is 0.214 e. The standard InChI is InChI=1S/C49H103N5O4S3/c1-7-11-15-19-25-34-45-53(43-32-17-13-9-3)60(55,56)47-37-27-21-23-30-40-52(42-36-29-39-50-49(59)51(5)6)41-31-24-22-28-38-48-61(57,58)54(44-33-18-14-10-4)46-35-26-20-16-12-8-2/h7-48H2,1-6H3,(H,50,59). The number of nitrogens with zero attached hydrogens (tertiary/aromatic N) is 4. The van der Waals surface area contributed by atoms with E-state index in [4.69, 9.17) is 12.2 Å². The first kappa shape index (κ1) is 60.5. The summed E-state index contributed by atoms with van der Waals surface area (Å²) in [5, 5.41) is 4.13. The Balaban J connectivity index is 4.84. The molecule has 0 heterocycles. The first-order valence-electron chi connectivity index (χ1n) is 26.1. The van der Waals surface area contributed by atoms with Crippen molar-refractivity contribution in [2.75, 3.05) is 78.0 Å². The van der Waals surface area contributed by atoms with Gasteiger partial charge >= 0.3 is 0 Å². The molecule has 0 saturated heterocycles. The Kier molecular flexibility index (Phi) is 41.8. The molecule has 0 radical (unpaired) electrons. The van der Waals surface area contributed by atoms with Crippen LogP contribution in [-0.4, -0.2) is 118 Å². The molecule has 1 N–H and O–H groups in total. The summed E-state index contributed by atoms with van der Waals surface area (Å²) in [6.07, 6.45) is 35.4. The monoisotopic (exact) mass is 922 g/mol. The molecule has 61 heavy (non-hydrogen) atoms. The van der Waals surface area contributed by atoms with Crippen molar-refractivity contribution >= 4 is 37.4 Å². The maximum absolute atomic E-state index is 13.4. The fourth-order valence-corrected chi connectivity index (χ4v) is 11.4. The van der Waals surface area contributed by atoms with Crippen molar-refractivity contribution in [1.82, 2.24) is 23.7 Å². The summed E-state index contributed by atoms with van der Waals surface area (Å²) in [6, 6.07) is 0. The Hall–Kier alpha value is -0.530. The summed E-state index contributed by atoms with van der Waals surface area (Å²) in [4.78, 5) is 4.56. The number of thiocarbonyl (C=S) groups is 1. The highest BCUT2D eigenvalue weighted by Crippen LogP contribution is 2.16. The van der Waals surface area contributed by atoms with Crippen molar-refractivity contribution in [3.05, 3.63) is 0 Å². The molecular weight excluding hydrogens is 819 g/mol. The highest BCUT2D eigenvalue weighted by atomic mass is 32.2. The Labute approximate surface area is 387 Å². The molecule has 9 nitrogen and oxygen atoms in total. The second kappa shape index (κ2) is 42.1. The van der Waals surface area contributed by atoms with Crippen molar-refractivity contribution < 1.29 is 16.8 Å². The molecule has 0 aromatic carbocycles.